The molecule has 0 aliphatic carbocycles. The van der Waals surface area contributed by atoms with Crippen molar-refractivity contribution in [3.8, 4) is 62.7 Å². The van der Waals surface area contributed by atoms with Crippen molar-refractivity contribution in [3.05, 3.63) is 219 Å². The van der Waals surface area contributed by atoms with E-state index in [-0.39, 0.29) is 0 Å². The van der Waals surface area contributed by atoms with Gasteiger partial charge in [0, 0.05) is 55.6 Å². The minimum absolute atomic E-state index is 0.462. The van der Waals surface area contributed by atoms with Crippen LogP contribution < -0.4 is 0 Å². The van der Waals surface area contributed by atoms with E-state index in [4.69, 9.17) is 24.9 Å². The zero-order chi connectivity index (χ0) is 42.8. The van der Waals surface area contributed by atoms with Gasteiger partial charge in [-0.05, 0) is 77.9 Å². The van der Waals surface area contributed by atoms with Crippen LogP contribution in [0.1, 0.15) is 0 Å². The summed E-state index contributed by atoms with van der Waals surface area (Å²) >= 11 is 0. The van der Waals surface area contributed by atoms with Gasteiger partial charge in [0.05, 0.1) is 22.1 Å². The quantitative estimate of drug-likeness (QED) is 0.160. The Bertz CT molecular complexity index is 3870. The first kappa shape index (κ1) is 36.6. The van der Waals surface area contributed by atoms with Crippen molar-refractivity contribution >= 4 is 54.6 Å². The Hall–Kier alpha value is -9.01. The number of nitrogens with zero attached hydrogens (tertiary/aromatic N) is 8. The lowest BCUT2D eigenvalue weighted by Gasteiger charge is -2.13. The summed E-state index contributed by atoms with van der Waals surface area (Å²) in [6.45, 7) is 0. The minimum atomic E-state index is 0.462. The molecule has 0 radical (unpaired) electrons. The highest BCUT2D eigenvalue weighted by molar-refractivity contribution is 6.12. The SMILES string of the molecule is c1ccc(-c2nc(-c3ccccc3)nc(-c3nc(-n4c5ccccc5c5cc(-c6ccc7c(c6)c6ccccc6n7-c6ccccc6)ccc54)nc4c3ccn4-c3ccccc3)n2)cc1. The van der Waals surface area contributed by atoms with Gasteiger partial charge in [-0.2, -0.15) is 4.98 Å². The number of hydrogen-bond donors (Lipinski definition) is 0. The molecule has 5 heterocycles. The molecule has 65 heavy (non-hydrogen) atoms. The van der Waals surface area contributed by atoms with Crippen LogP contribution in [-0.4, -0.2) is 38.6 Å². The van der Waals surface area contributed by atoms with Crippen LogP contribution in [0.25, 0.3) is 117 Å². The van der Waals surface area contributed by atoms with E-state index in [9.17, 15) is 0 Å². The van der Waals surface area contributed by atoms with Crippen molar-refractivity contribution in [1.82, 2.24) is 38.6 Å². The van der Waals surface area contributed by atoms with Gasteiger partial charge in [0.25, 0.3) is 0 Å². The molecule has 0 atom stereocenters. The highest BCUT2D eigenvalue weighted by Crippen LogP contribution is 2.39. The Morgan fingerprint density at radius 1 is 0.292 bits per heavy atom. The fourth-order valence-corrected chi connectivity index (χ4v) is 9.36. The molecule has 0 spiro atoms. The second kappa shape index (κ2) is 14.8. The van der Waals surface area contributed by atoms with Gasteiger partial charge in [0.15, 0.2) is 23.1 Å². The molecule has 13 aromatic rings. The predicted molar refractivity (Wildman–Crippen MR) is 263 cm³/mol. The molecular formula is C57H36N8. The molecule has 0 saturated heterocycles. The van der Waals surface area contributed by atoms with Crippen LogP contribution >= 0.6 is 0 Å². The first-order valence-electron chi connectivity index (χ1n) is 21.7. The number of fused-ring (bicyclic) bond motifs is 7. The summed E-state index contributed by atoms with van der Waals surface area (Å²) in [6.07, 6.45) is 2.05. The smallest absolute Gasteiger partial charge is 0.237 e. The zero-order valence-corrected chi connectivity index (χ0v) is 34.9. The maximum Gasteiger partial charge on any atom is 0.237 e. The van der Waals surface area contributed by atoms with Crippen LogP contribution in [-0.2, 0) is 0 Å². The van der Waals surface area contributed by atoms with Crippen molar-refractivity contribution in [3.63, 3.8) is 0 Å². The molecule has 0 fully saturated rings. The molecule has 0 aliphatic heterocycles. The molecule has 304 valence electrons. The van der Waals surface area contributed by atoms with Gasteiger partial charge < -0.3 is 9.13 Å². The molecule has 13 rings (SSSR count). The van der Waals surface area contributed by atoms with Gasteiger partial charge in [-0.25, -0.2) is 19.9 Å². The van der Waals surface area contributed by atoms with Crippen molar-refractivity contribution in [2.45, 2.75) is 0 Å². The Balaban J connectivity index is 1.03. The molecule has 0 unspecified atom stereocenters. The molecule has 0 saturated carbocycles. The lowest BCUT2D eigenvalue weighted by Crippen LogP contribution is -2.07. The number of para-hydroxylation sites is 4. The van der Waals surface area contributed by atoms with E-state index in [1.54, 1.807) is 0 Å². The molecule has 0 N–H and O–H groups in total. The molecule has 0 bridgehead atoms. The third kappa shape index (κ3) is 6.03. The largest absolute Gasteiger partial charge is 0.309 e. The van der Waals surface area contributed by atoms with Crippen LogP contribution in [0.4, 0.5) is 0 Å². The highest BCUT2D eigenvalue weighted by atomic mass is 15.2. The summed E-state index contributed by atoms with van der Waals surface area (Å²) in [5.74, 6) is 2.11. The van der Waals surface area contributed by atoms with E-state index in [2.05, 4.69) is 147 Å². The van der Waals surface area contributed by atoms with E-state index in [1.807, 2.05) is 85.1 Å². The van der Waals surface area contributed by atoms with Gasteiger partial charge in [-0.3, -0.25) is 4.57 Å². The topological polar surface area (TPSA) is 79.2 Å². The summed E-state index contributed by atoms with van der Waals surface area (Å²) in [7, 11) is 0. The van der Waals surface area contributed by atoms with Crippen molar-refractivity contribution < 1.29 is 0 Å². The van der Waals surface area contributed by atoms with Gasteiger partial charge in [0.1, 0.15) is 5.69 Å². The first-order chi connectivity index (χ1) is 32.2. The van der Waals surface area contributed by atoms with Gasteiger partial charge >= 0.3 is 0 Å². The Labute approximate surface area is 373 Å². The Kier molecular flexibility index (Phi) is 8.35. The maximum atomic E-state index is 5.44. The van der Waals surface area contributed by atoms with E-state index >= 15 is 0 Å². The Morgan fingerprint density at radius 3 is 1.34 bits per heavy atom. The van der Waals surface area contributed by atoms with Gasteiger partial charge in [-0.1, -0.05) is 146 Å². The molecule has 8 aromatic carbocycles. The standard InChI is InChI=1S/C57H36N8/c1-5-17-37(18-6-1)53-59-54(38-19-7-2-8-20-38)61-55(60-53)52-45-33-34-63(41-21-9-3-10-22-41)56(45)62-57(58-52)65-49-28-16-14-26-44(49)47-36-40(30-32-51(47)65)39-29-31-50-46(35-39)43-25-13-15-27-48(43)64(50)42-23-11-4-12-24-42/h1-36H. The summed E-state index contributed by atoms with van der Waals surface area (Å²) in [4.78, 5) is 26.1. The maximum absolute atomic E-state index is 5.44. The van der Waals surface area contributed by atoms with Crippen LogP contribution in [0, 0.1) is 0 Å². The number of rotatable bonds is 7. The summed E-state index contributed by atoms with van der Waals surface area (Å²) in [5.41, 5.74) is 11.9. The zero-order valence-electron chi connectivity index (χ0n) is 34.9. The van der Waals surface area contributed by atoms with Crippen molar-refractivity contribution in [1.29, 1.82) is 0 Å². The highest BCUT2D eigenvalue weighted by Gasteiger charge is 2.23. The predicted octanol–water partition coefficient (Wildman–Crippen LogP) is 13.5. The number of hydrogen-bond acceptors (Lipinski definition) is 5. The monoisotopic (exact) mass is 832 g/mol. The fourth-order valence-electron chi connectivity index (χ4n) is 9.36. The van der Waals surface area contributed by atoms with Gasteiger partial charge in [0.2, 0.25) is 5.95 Å². The van der Waals surface area contributed by atoms with Gasteiger partial charge in [-0.15, -0.1) is 0 Å². The second-order valence-corrected chi connectivity index (χ2v) is 16.2. The van der Waals surface area contributed by atoms with Crippen molar-refractivity contribution in [2.24, 2.45) is 0 Å². The number of aromatic nitrogens is 8. The average Bonchev–Trinajstić information content (AvgIpc) is 4.07. The van der Waals surface area contributed by atoms with Crippen molar-refractivity contribution in [2.75, 3.05) is 0 Å². The third-order valence-electron chi connectivity index (χ3n) is 12.4. The molecule has 0 amide bonds. The lowest BCUT2D eigenvalue weighted by atomic mass is 10.0. The molecule has 5 aromatic heterocycles. The Morgan fingerprint density at radius 2 is 0.754 bits per heavy atom. The second-order valence-electron chi connectivity index (χ2n) is 16.2. The van der Waals surface area contributed by atoms with E-state index in [0.29, 0.717) is 29.1 Å². The van der Waals surface area contributed by atoms with Crippen LogP contribution in [0.15, 0.2) is 219 Å². The van der Waals surface area contributed by atoms with Crippen LogP contribution in [0.2, 0.25) is 0 Å². The van der Waals surface area contributed by atoms with E-state index < -0.39 is 0 Å². The third-order valence-corrected chi connectivity index (χ3v) is 12.4. The molecule has 8 nitrogen and oxygen atoms in total. The fraction of sp³-hybridized carbons (Fsp3) is 0. The average molecular weight is 833 g/mol. The van der Waals surface area contributed by atoms with Crippen LogP contribution in [0.5, 0.6) is 0 Å². The normalized spacial score (nSPS) is 11.7. The molecule has 0 aliphatic rings. The summed E-state index contributed by atoms with van der Waals surface area (Å²) in [5, 5.41) is 5.47. The molecular weight excluding hydrogens is 797 g/mol. The minimum Gasteiger partial charge on any atom is -0.309 e. The van der Waals surface area contributed by atoms with Crippen LogP contribution in [0.3, 0.4) is 0 Å². The first-order valence-corrected chi connectivity index (χ1v) is 21.7. The van der Waals surface area contributed by atoms with E-state index in [1.165, 1.54) is 21.8 Å². The summed E-state index contributed by atoms with van der Waals surface area (Å²) in [6, 6.07) is 73.7. The number of benzene rings is 8. The summed E-state index contributed by atoms with van der Waals surface area (Å²) < 4.78 is 6.64. The van der Waals surface area contributed by atoms with E-state index in [0.717, 1.165) is 66.5 Å². The lowest BCUT2D eigenvalue weighted by molar-refractivity contribution is 0.976. The molecule has 8 heteroatoms.